The summed E-state index contributed by atoms with van der Waals surface area (Å²) in [6.45, 7) is 0.287. The van der Waals surface area contributed by atoms with Crippen LogP contribution in [0.4, 0.5) is 5.69 Å². The van der Waals surface area contributed by atoms with Gasteiger partial charge < -0.3 is 9.57 Å². The fraction of sp³-hybridized carbons (Fsp3) is 0.0435. The van der Waals surface area contributed by atoms with Crippen LogP contribution in [-0.2, 0) is 16.2 Å². The number of carbonyl (C=O) groups is 1. The van der Waals surface area contributed by atoms with Crippen LogP contribution in [0.25, 0.3) is 6.08 Å². The fourth-order valence-corrected chi connectivity index (χ4v) is 2.92. The Hall–Kier alpha value is -4.26. The number of non-ortho nitro benzene ring substituents is 1. The predicted molar refractivity (Wildman–Crippen MR) is 111 cm³/mol. The van der Waals surface area contributed by atoms with E-state index in [0.29, 0.717) is 17.0 Å². The van der Waals surface area contributed by atoms with Crippen LogP contribution in [0, 0.1) is 10.1 Å². The van der Waals surface area contributed by atoms with Crippen LogP contribution in [0.2, 0.25) is 0 Å². The molecule has 0 N–H and O–H groups in total. The molecule has 0 fully saturated rings. The van der Waals surface area contributed by atoms with Crippen molar-refractivity contribution in [1.82, 2.24) is 0 Å². The molecular weight excluding hydrogens is 384 g/mol. The van der Waals surface area contributed by atoms with E-state index in [1.807, 2.05) is 42.5 Å². The molecule has 1 aliphatic heterocycles. The lowest BCUT2D eigenvalue weighted by molar-refractivity contribution is -0.384. The summed E-state index contributed by atoms with van der Waals surface area (Å²) in [6.07, 6.45) is 1.72. The van der Waals surface area contributed by atoms with E-state index in [4.69, 9.17) is 9.57 Å². The molecule has 0 aliphatic carbocycles. The van der Waals surface area contributed by atoms with Crippen molar-refractivity contribution in [3.05, 3.63) is 111 Å². The van der Waals surface area contributed by atoms with Crippen molar-refractivity contribution >= 4 is 23.4 Å². The van der Waals surface area contributed by atoms with E-state index in [-0.39, 0.29) is 12.3 Å². The van der Waals surface area contributed by atoms with Crippen LogP contribution in [0.5, 0.6) is 5.75 Å². The van der Waals surface area contributed by atoms with Crippen LogP contribution in [0.1, 0.15) is 16.7 Å². The number of ether oxygens (including phenoxy) is 1. The molecule has 0 atom stereocenters. The SMILES string of the molecule is O=C1ON=C(c2ccccc2)/C1=C/c1ccc(OCc2ccc([N+](=O)[O-])cc2)cc1. The van der Waals surface area contributed by atoms with Gasteiger partial charge in [-0.2, -0.15) is 0 Å². The zero-order valence-corrected chi connectivity index (χ0v) is 15.7. The first-order valence-corrected chi connectivity index (χ1v) is 9.13. The lowest BCUT2D eigenvalue weighted by atomic mass is 10.0. The summed E-state index contributed by atoms with van der Waals surface area (Å²) < 4.78 is 5.72. The van der Waals surface area contributed by atoms with Crippen molar-refractivity contribution in [2.75, 3.05) is 0 Å². The smallest absolute Gasteiger partial charge is 0.368 e. The standard InChI is InChI=1S/C23H16N2O5/c26-23-21(22(24-30-23)18-4-2-1-3-5-18)14-16-8-12-20(13-9-16)29-15-17-6-10-19(11-7-17)25(27)28/h1-14H,15H2/b21-14-. The molecule has 0 bridgehead atoms. The summed E-state index contributed by atoms with van der Waals surface area (Å²) in [6, 6.07) is 22.8. The van der Waals surface area contributed by atoms with E-state index in [1.165, 1.54) is 12.1 Å². The number of oxime groups is 1. The molecule has 0 saturated heterocycles. The Morgan fingerprint density at radius 1 is 0.967 bits per heavy atom. The van der Waals surface area contributed by atoms with Gasteiger partial charge in [0, 0.05) is 17.7 Å². The molecule has 148 valence electrons. The van der Waals surface area contributed by atoms with E-state index in [2.05, 4.69) is 5.16 Å². The van der Waals surface area contributed by atoms with Gasteiger partial charge in [-0.1, -0.05) is 47.6 Å². The Morgan fingerprint density at radius 3 is 2.33 bits per heavy atom. The van der Waals surface area contributed by atoms with Crippen LogP contribution >= 0.6 is 0 Å². The molecule has 7 nitrogen and oxygen atoms in total. The topological polar surface area (TPSA) is 91.0 Å². The van der Waals surface area contributed by atoms with Gasteiger partial charge in [-0.3, -0.25) is 10.1 Å². The summed E-state index contributed by atoms with van der Waals surface area (Å²) in [5.74, 6) is 0.147. The van der Waals surface area contributed by atoms with Crippen LogP contribution in [0.15, 0.2) is 89.6 Å². The Bertz CT molecular complexity index is 1130. The summed E-state index contributed by atoms with van der Waals surface area (Å²) in [5, 5.41) is 14.6. The largest absolute Gasteiger partial charge is 0.489 e. The number of rotatable bonds is 6. The summed E-state index contributed by atoms with van der Waals surface area (Å²) in [5.41, 5.74) is 3.36. The Kier molecular flexibility index (Phi) is 5.34. The third kappa shape index (κ3) is 4.25. The fourth-order valence-electron chi connectivity index (χ4n) is 2.92. The average molecular weight is 400 g/mol. The van der Waals surface area contributed by atoms with Gasteiger partial charge in [0.15, 0.2) is 0 Å². The Labute approximate surface area is 172 Å². The highest BCUT2D eigenvalue weighted by Crippen LogP contribution is 2.22. The van der Waals surface area contributed by atoms with Gasteiger partial charge in [0.25, 0.3) is 5.69 Å². The molecule has 30 heavy (non-hydrogen) atoms. The first-order valence-electron chi connectivity index (χ1n) is 9.13. The van der Waals surface area contributed by atoms with Crippen LogP contribution < -0.4 is 4.74 Å². The average Bonchev–Trinajstić information content (AvgIpc) is 3.14. The molecule has 0 aromatic heterocycles. The third-order valence-electron chi connectivity index (χ3n) is 4.49. The Balaban J connectivity index is 1.45. The van der Waals surface area contributed by atoms with Crippen molar-refractivity contribution in [3.8, 4) is 5.75 Å². The van der Waals surface area contributed by atoms with Crippen molar-refractivity contribution < 1.29 is 19.3 Å². The van der Waals surface area contributed by atoms with Crippen LogP contribution in [-0.4, -0.2) is 16.6 Å². The van der Waals surface area contributed by atoms with Gasteiger partial charge in [0.1, 0.15) is 18.1 Å². The normalized spacial score (nSPS) is 14.3. The van der Waals surface area contributed by atoms with Crippen molar-refractivity contribution in [1.29, 1.82) is 0 Å². The lowest BCUT2D eigenvalue weighted by Crippen LogP contribution is -2.06. The molecule has 0 spiro atoms. The molecular formula is C23H16N2O5. The monoisotopic (exact) mass is 400 g/mol. The van der Waals surface area contributed by atoms with Gasteiger partial charge in [-0.05, 0) is 41.5 Å². The van der Waals surface area contributed by atoms with Gasteiger partial charge in [0.05, 0.1) is 10.5 Å². The second-order valence-electron chi connectivity index (χ2n) is 6.52. The number of carbonyl (C=O) groups excluding carboxylic acids is 1. The van der Waals surface area contributed by atoms with E-state index in [9.17, 15) is 14.9 Å². The zero-order valence-electron chi connectivity index (χ0n) is 15.7. The minimum absolute atomic E-state index is 0.0417. The maximum atomic E-state index is 12.1. The van der Waals surface area contributed by atoms with Gasteiger partial charge in [-0.15, -0.1) is 0 Å². The number of hydrogen-bond acceptors (Lipinski definition) is 6. The third-order valence-corrected chi connectivity index (χ3v) is 4.49. The molecule has 1 heterocycles. The Morgan fingerprint density at radius 2 is 1.67 bits per heavy atom. The quantitative estimate of drug-likeness (QED) is 0.263. The highest BCUT2D eigenvalue weighted by molar-refractivity contribution is 6.31. The maximum Gasteiger partial charge on any atom is 0.368 e. The number of nitro groups is 1. The second-order valence-corrected chi connectivity index (χ2v) is 6.52. The van der Waals surface area contributed by atoms with E-state index < -0.39 is 10.9 Å². The van der Waals surface area contributed by atoms with Crippen molar-refractivity contribution in [2.45, 2.75) is 6.61 Å². The van der Waals surface area contributed by atoms with Crippen LogP contribution in [0.3, 0.4) is 0 Å². The number of hydrogen-bond donors (Lipinski definition) is 0. The molecule has 3 aromatic carbocycles. The molecule has 1 aliphatic rings. The summed E-state index contributed by atoms with van der Waals surface area (Å²) in [4.78, 5) is 27.2. The van der Waals surface area contributed by atoms with Crippen molar-refractivity contribution in [3.63, 3.8) is 0 Å². The van der Waals surface area contributed by atoms with E-state index >= 15 is 0 Å². The van der Waals surface area contributed by atoms with E-state index in [1.54, 1.807) is 30.3 Å². The van der Waals surface area contributed by atoms with Crippen molar-refractivity contribution in [2.24, 2.45) is 5.16 Å². The summed E-state index contributed by atoms with van der Waals surface area (Å²) >= 11 is 0. The van der Waals surface area contributed by atoms with Gasteiger partial charge in [-0.25, -0.2) is 4.79 Å². The molecule has 0 saturated carbocycles. The number of nitrogens with zero attached hydrogens (tertiary/aromatic N) is 2. The number of benzene rings is 3. The first kappa shape index (κ1) is 19.1. The molecule has 4 rings (SSSR count). The minimum atomic E-state index is -0.493. The number of nitro benzene ring substituents is 1. The molecule has 3 aromatic rings. The molecule has 7 heteroatoms. The molecule has 0 unspecified atom stereocenters. The molecule has 0 amide bonds. The predicted octanol–water partition coefficient (Wildman–Crippen LogP) is 4.52. The highest BCUT2D eigenvalue weighted by Gasteiger charge is 2.26. The maximum absolute atomic E-state index is 12.1. The minimum Gasteiger partial charge on any atom is -0.489 e. The van der Waals surface area contributed by atoms with Gasteiger partial charge >= 0.3 is 5.97 Å². The highest BCUT2D eigenvalue weighted by atomic mass is 16.7. The van der Waals surface area contributed by atoms with E-state index in [0.717, 1.165) is 16.7 Å². The second kappa shape index (κ2) is 8.40. The zero-order chi connectivity index (χ0) is 20.9. The first-order chi connectivity index (χ1) is 14.6. The van der Waals surface area contributed by atoms with Gasteiger partial charge in [0.2, 0.25) is 0 Å². The lowest BCUT2D eigenvalue weighted by Gasteiger charge is -2.07. The summed E-state index contributed by atoms with van der Waals surface area (Å²) in [7, 11) is 0. The molecule has 0 radical (unpaired) electrons.